The van der Waals surface area contributed by atoms with E-state index in [1.54, 1.807) is 0 Å². The van der Waals surface area contributed by atoms with Gasteiger partial charge in [0.1, 0.15) is 5.82 Å². The van der Waals surface area contributed by atoms with Crippen molar-refractivity contribution in [1.82, 2.24) is 9.38 Å². The van der Waals surface area contributed by atoms with E-state index < -0.39 is 0 Å². The second kappa shape index (κ2) is 5.47. The fraction of sp³-hybridized carbons (Fsp3) is 0.235. The highest BCUT2D eigenvalue weighted by Crippen LogP contribution is 2.25. The van der Waals surface area contributed by atoms with Crippen LogP contribution in [-0.2, 0) is 12.8 Å². The smallest absolute Gasteiger partial charge is 0.114 e. The molecule has 0 bridgehead atoms. The molecule has 0 radical (unpaired) electrons. The van der Waals surface area contributed by atoms with Gasteiger partial charge in [-0.05, 0) is 30.2 Å². The van der Waals surface area contributed by atoms with Gasteiger partial charge < -0.3 is 10.1 Å². The van der Waals surface area contributed by atoms with Crippen molar-refractivity contribution in [2.24, 2.45) is 5.73 Å². The second-order valence-electron chi connectivity index (χ2n) is 4.94. The number of aromatic nitrogens is 2. The lowest BCUT2D eigenvalue weighted by Gasteiger charge is -2.07. The first kappa shape index (κ1) is 12.9. The van der Waals surface area contributed by atoms with E-state index in [1.165, 1.54) is 16.7 Å². The molecule has 0 aliphatic carbocycles. The average molecular weight is 265 g/mol. The summed E-state index contributed by atoms with van der Waals surface area (Å²) in [5.41, 5.74) is 10.6. The van der Waals surface area contributed by atoms with E-state index in [9.17, 15) is 0 Å². The van der Waals surface area contributed by atoms with Crippen LogP contribution in [0.4, 0.5) is 0 Å². The lowest BCUT2D eigenvalue weighted by Crippen LogP contribution is -2.06. The highest BCUT2D eigenvalue weighted by molar-refractivity contribution is 5.80. The van der Waals surface area contributed by atoms with Crippen LogP contribution in [0.5, 0.6) is 0 Å². The van der Waals surface area contributed by atoms with Crippen LogP contribution >= 0.6 is 0 Å². The second-order valence-corrected chi connectivity index (χ2v) is 4.94. The van der Waals surface area contributed by atoms with Crippen LogP contribution in [0.3, 0.4) is 0 Å². The number of benzene rings is 1. The lowest BCUT2D eigenvalue weighted by atomic mass is 10.0. The standard InChI is InChI=1S/C17H19N3/c1-2-13-5-7-14(8-6-13)15-4-3-11-20-16(15)12-19-17(20)9-10-18/h3-8,11-12H,2,9-10,18H2,1H3. The molecule has 0 saturated carbocycles. The monoisotopic (exact) mass is 265 g/mol. The van der Waals surface area contributed by atoms with Gasteiger partial charge in [-0.15, -0.1) is 0 Å². The Morgan fingerprint density at radius 2 is 1.95 bits per heavy atom. The predicted octanol–water partition coefficient (Wildman–Crippen LogP) is 3.06. The van der Waals surface area contributed by atoms with E-state index in [1.807, 2.05) is 6.20 Å². The Kier molecular flexibility index (Phi) is 3.52. The molecular weight excluding hydrogens is 246 g/mol. The van der Waals surface area contributed by atoms with Crippen molar-refractivity contribution >= 4 is 5.52 Å². The Labute approximate surface area is 119 Å². The summed E-state index contributed by atoms with van der Waals surface area (Å²) in [5.74, 6) is 1.02. The number of pyridine rings is 1. The van der Waals surface area contributed by atoms with Crippen molar-refractivity contribution in [3.63, 3.8) is 0 Å². The van der Waals surface area contributed by atoms with Crippen LogP contribution < -0.4 is 5.73 Å². The molecule has 0 spiro atoms. The fourth-order valence-electron chi connectivity index (χ4n) is 2.55. The summed E-state index contributed by atoms with van der Waals surface area (Å²) >= 11 is 0. The molecule has 102 valence electrons. The molecule has 2 aromatic heterocycles. The van der Waals surface area contributed by atoms with Crippen LogP contribution in [0.2, 0.25) is 0 Å². The zero-order valence-electron chi connectivity index (χ0n) is 11.7. The summed E-state index contributed by atoms with van der Waals surface area (Å²) in [6.45, 7) is 2.79. The minimum Gasteiger partial charge on any atom is -0.330 e. The van der Waals surface area contributed by atoms with Crippen molar-refractivity contribution < 1.29 is 0 Å². The van der Waals surface area contributed by atoms with E-state index in [-0.39, 0.29) is 0 Å². The number of imidazole rings is 1. The Morgan fingerprint density at radius 1 is 1.15 bits per heavy atom. The van der Waals surface area contributed by atoms with Crippen molar-refractivity contribution in [2.45, 2.75) is 19.8 Å². The molecule has 20 heavy (non-hydrogen) atoms. The third kappa shape index (κ3) is 2.21. The predicted molar refractivity (Wildman–Crippen MR) is 82.8 cm³/mol. The first-order chi connectivity index (χ1) is 9.83. The summed E-state index contributed by atoms with van der Waals surface area (Å²) in [5, 5.41) is 0. The molecule has 3 aromatic rings. The molecule has 1 aromatic carbocycles. The maximum atomic E-state index is 5.64. The summed E-state index contributed by atoms with van der Waals surface area (Å²) < 4.78 is 2.13. The lowest BCUT2D eigenvalue weighted by molar-refractivity contribution is 0.863. The van der Waals surface area contributed by atoms with Gasteiger partial charge in [0, 0.05) is 18.2 Å². The molecule has 0 aliphatic rings. The van der Waals surface area contributed by atoms with Gasteiger partial charge in [0.05, 0.1) is 11.7 Å². The van der Waals surface area contributed by atoms with Crippen LogP contribution in [0, 0.1) is 0 Å². The van der Waals surface area contributed by atoms with E-state index in [0.717, 1.165) is 24.2 Å². The van der Waals surface area contributed by atoms with Crippen LogP contribution in [0.1, 0.15) is 18.3 Å². The average Bonchev–Trinajstić information content (AvgIpc) is 2.91. The maximum absolute atomic E-state index is 5.64. The SMILES string of the molecule is CCc1ccc(-c2cccn3c(CCN)ncc23)cc1. The first-order valence-electron chi connectivity index (χ1n) is 7.08. The number of hydrogen-bond donors (Lipinski definition) is 1. The van der Waals surface area contributed by atoms with E-state index in [4.69, 9.17) is 5.73 Å². The van der Waals surface area contributed by atoms with Crippen molar-refractivity contribution in [3.8, 4) is 11.1 Å². The number of aryl methyl sites for hydroxylation is 1. The van der Waals surface area contributed by atoms with E-state index in [0.29, 0.717) is 6.54 Å². The van der Waals surface area contributed by atoms with Gasteiger partial charge in [0.2, 0.25) is 0 Å². The number of nitrogens with zero attached hydrogens (tertiary/aromatic N) is 2. The first-order valence-corrected chi connectivity index (χ1v) is 7.08. The third-order valence-electron chi connectivity index (χ3n) is 3.69. The molecule has 3 rings (SSSR count). The molecule has 0 amide bonds. The number of hydrogen-bond acceptors (Lipinski definition) is 2. The van der Waals surface area contributed by atoms with Crippen LogP contribution in [0.25, 0.3) is 16.6 Å². The zero-order chi connectivity index (χ0) is 13.9. The molecule has 2 N–H and O–H groups in total. The van der Waals surface area contributed by atoms with Crippen LogP contribution in [0.15, 0.2) is 48.8 Å². The molecule has 3 nitrogen and oxygen atoms in total. The zero-order valence-corrected chi connectivity index (χ0v) is 11.7. The summed E-state index contributed by atoms with van der Waals surface area (Å²) in [6, 6.07) is 13.0. The highest BCUT2D eigenvalue weighted by Gasteiger charge is 2.08. The van der Waals surface area contributed by atoms with Crippen molar-refractivity contribution in [2.75, 3.05) is 6.54 Å². The van der Waals surface area contributed by atoms with Crippen molar-refractivity contribution in [3.05, 3.63) is 60.2 Å². The minimum atomic E-state index is 0.620. The molecule has 0 unspecified atom stereocenters. The Bertz CT molecular complexity index is 711. The molecule has 0 fully saturated rings. The summed E-state index contributed by atoms with van der Waals surface area (Å²) in [7, 11) is 0. The van der Waals surface area contributed by atoms with Gasteiger partial charge >= 0.3 is 0 Å². The molecular formula is C17H19N3. The van der Waals surface area contributed by atoms with Gasteiger partial charge in [-0.3, -0.25) is 0 Å². The highest BCUT2D eigenvalue weighted by atomic mass is 15.0. The molecule has 0 saturated heterocycles. The quantitative estimate of drug-likeness (QED) is 0.788. The molecule has 3 heteroatoms. The van der Waals surface area contributed by atoms with E-state index in [2.05, 4.69) is 58.9 Å². The van der Waals surface area contributed by atoms with Gasteiger partial charge in [0.15, 0.2) is 0 Å². The third-order valence-corrected chi connectivity index (χ3v) is 3.69. The van der Waals surface area contributed by atoms with Gasteiger partial charge in [-0.2, -0.15) is 0 Å². The van der Waals surface area contributed by atoms with Gasteiger partial charge in [0.25, 0.3) is 0 Å². The number of rotatable bonds is 4. The summed E-state index contributed by atoms with van der Waals surface area (Å²) in [4.78, 5) is 4.49. The molecule has 2 heterocycles. The largest absolute Gasteiger partial charge is 0.330 e. The Morgan fingerprint density at radius 3 is 2.65 bits per heavy atom. The number of fused-ring (bicyclic) bond motifs is 1. The summed E-state index contributed by atoms with van der Waals surface area (Å²) in [6.07, 6.45) is 5.86. The molecule has 0 atom stereocenters. The van der Waals surface area contributed by atoms with Gasteiger partial charge in [-0.1, -0.05) is 37.3 Å². The number of nitrogens with two attached hydrogens (primary N) is 1. The van der Waals surface area contributed by atoms with E-state index >= 15 is 0 Å². The topological polar surface area (TPSA) is 43.3 Å². The minimum absolute atomic E-state index is 0.620. The maximum Gasteiger partial charge on any atom is 0.114 e. The molecule has 0 aliphatic heterocycles. The normalized spacial score (nSPS) is 11.1. The van der Waals surface area contributed by atoms with Crippen molar-refractivity contribution in [1.29, 1.82) is 0 Å². The Balaban J connectivity index is 2.10. The van der Waals surface area contributed by atoms with Crippen LogP contribution in [-0.4, -0.2) is 15.9 Å². The fourth-order valence-corrected chi connectivity index (χ4v) is 2.55. The van der Waals surface area contributed by atoms with Gasteiger partial charge in [-0.25, -0.2) is 4.98 Å². The Hall–Kier alpha value is -2.13.